The van der Waals surface area contributed by atoms with Gasteiger partial charge in [0.2, 0.25) is 0 Å². The van der Waals surface area contributed by atoms with Crippen molar-refractivity contribution >= 4 is 15.9 Å². The van der Waals surface area contributed by atoms with Gasteiger partial charge in [0.1, 0.15) is 5.82 Å². The molecule has 0 amide bonds. The van der Waals surface area contributed by atoms with Crippen LogP contribution in [0.5, 0.6) is 0 Å². The lowest BCUT2D eigenvalue weighted by molar-refractivity contribution is 0.772. The molecule has 2 aromatic rings. The van der Waals surface area contributed by atoms with Crippen LogP contribution >= 0.6 is 15.9 Å². The molecule has 0 saturated heterocycles. The van der Waals surface area contributed by atoms with Crippen LogP contribution in [0.25, 0.3) is 11.4 Å². The van der Waals surface area contributed by atoms with Crippen LogP contribution in [0.4, 0.5) is 0 Å². The first-order chi connectivity index (χ1) is 8.63. The third-order valence-electron chi connectivity index (χ3n) is 3.17. The summed E-state index contributed by atoms with van der Waals surface area (Å²) in [6.45, 7) is 3.08. The van der Waals surface area contributed by atoms with Crippen molar-refractivity contribution in [2.24, 2.45) is 7.05 Å². The molecule has 0 atom stereocenters. The van der Waals surface area contributed by atoms with Crippen molar-refractivity contribution in [1.29, 1.82) is 0 Å². The van der Waals surface area contributed by atoms with Gasteiger partial charge >= 0.3 is 0 Å². The van der Waals surface area contributed by atoms with Gasteiger partial charge in [0.25, 0.3) is 0 Å². The number of rotatable bonds is 4. The summed E-state index contributed by atoms with van der Waals surface area (Å²) in [4.78, 5) is 4.76. The first-order valence-corrected chi connectivity index (χ1v) is 6.85. The molecule has 0 saturated carbocycles. The van der Waals surface area contributed by atoms with Gasteiger partial charge in [0, 0.05) is 35.7 Å². The van der Waals surface area contributed by atoms with Gasteiger partial charge in [-0.15, -0.1) is 0 Å². The SMILES string of the molecule is CNCCc1nc(-c2cccc(Br)c2)n(C)c1C. The Labute approximate surface area is 116 Å². The lowest BCUT2D eigenvalue weighted by Crippen LogP contribution is -2.11. The third kappa shape index (κ3) is 2.65. The third-order valence-corrected chi connectivity index (χ3v) is 3.67. The number of nitrogens with one attached hydrogen (secondary N) is 1. The number of halogens is 1. The van der Waals surface area contributed by atoms with Crippen molar-refractivity contribution in [2.45, 2.75) is 13.3 Å². The van der Waals surface area contributed by atoms with E-state index in [4.69, 9.17) is 4.98 Å². The van der Waals surface area contributed by atoms with Gasteiger partial charge in [-0.05, 0) is 26.1 Å². The molecule has 96 valence electrons. The average Bonchev–Trinajstić information content (AvgIpc) is 2.64. The number of nitrogens with zero attached hydrogens (tertiary/aromatic N) is 2. The summed E-state index contributed by atoms with van der Waals surface area (Å²) in [5.41, 5.74) is 3.55. The zero-order valence-corrected chi connectivity index (χ0v) is 12.6. The highest BCUT2D eigenvalue weighted by atomic mass is 79.9. The van der Waals surface area contributed by atoms with Crippen molar-refractivity contribution in [1.82, 2.24) is 14.9 Å². The maximum Gasteiger partial charge on any atom is 0.140 e. The zero-order valence-electron chi connectivity index (χ0n) is 11.0. The number of hydrogen-bond acceptors (Lipinski definition) is 2. The summed E-state index contributed by atoms with van der Waals surface area (Å²) in [6.07, 6.45) is 0.962. The molecule has 18 heavy (non-hydrogen) atoms. The minimum atomic E-state index is 0.954. The van der Waals surface area contributed by atoms with Gasteiger partial charge in [-0.3, -0.25) is 0 Å². The highest BCUT2D eigenvalue weighted by molar-refractivity contribution is 9.10. The Kier molecular flexibility index (Phi) is 4.19. The van der Waals surface area contributed by atoms with Crippen LogP contribution in [-0.4, -0.2) is 23.1 Å². The van der Waals surface area contributed by atoms with Crippen LogP contribution in [0.15, 0.2) is 28.7 Å². The van der Waals surface area contributed by atoms with Crippen LogP contribution < -0.4 is 5.32 Å². The Morgan fingerprint density at radius 3 is 2.83 bits per heavy atom. The number of imidazole rings is 1. The Hall–Kier alpha value is -1.13. The standard InChI is InChI=1S/C14H18BrN3/c1-10-13(7-8-16-2)17-14(18(10)3)11-5-4-6-12(15)9-11/h4-6,9,16H,7-8H2,1-3H3. The molecular weight excluding hydrogens is 290 g/mol. The number of benzene rings is 1. The lowest BCUT2D eigenvalue weighted by atomic mass is 10.2. The largest absolute Gasteiger partial charge is 0.331 e. The van der Waals surface area contributed by atoms with Crippen molar-refractivity contribution in [3.8, 4) is 11.4 Å². The summed E-state index contributed by atoms with van der Waals surface area (Å²) in [5, 5.41) is 3.16. The Balaban J connectivity index is 2.39. The predicted molar refractivity (Wildman–Crippen MR) is 78.7 cm³/mol. The highest BCUT2D eigenvalue weighted by Crippen LogP contribution is 2.24. The molecule has 3 nitrogen and oxygen atoms in total. The first-order valence-electron chi connectivity index (χ1n) is 6.06. The Morgan fingerprint density at radius 1 is 1.39 bits per heavy atom. The fourth-order valence-electron chi connectivity index (χ4n) is 2.00. The summed E-state index contributed by atoms with van der Waals surface area (Å²) >= 11 is 3.50. The minimum absolute atomic E-state index is 0.954. The van der Waals surface area contributed by atoms with Crippen LogP contribution in [0.2, 0.25) is 0 Å². The quantitative estimate of drug-likeness (QED) is 0.941. The molecule has 0 aliphatic carbocycles. The van der Waals surface area contributed by atoms with E-state index in [-0.39, 0.29) is 0 Å². The molecule has 0 radical (unpaired) electrons. The molecule has 2 rings (SSSR count). The first kappa shape index (κ1) is 13.3. The van der Waals surface area contributed by atoms with Crippen molar-refractivity contribution in [3.05, 3.63) is 40.1 Å². The van der Waals surface area contributed by atoms with Crippen molar-refractivity contribution in [2.75, 3.05) is 13.6 Å². The van der Waals surface area contributed by atoms with Crippen molar-refractivity contribution < 1.29 is 0 Å². The van der Waals surface area contributed by atoms with Gasteiger partial charge in [0.15, 0.2) is 0 Å². The molecule has 0 bridgehead atoms. The Bertz CT molecular complexity index is 546. The van der Waals surface area contributed by atoms with Crippen LogP contribution in [0.1, 0.15) is 11.4 Å². The fourth-order valence-corrected chi connectivity index (χ4v) is 2.40. The van der Waals surface area contributed by atoms with E-state index in [1.165, 1.54) is 11.4 Å². The maximum atomic E-state index is 4.76. The van der Waals surface area contributed by atoms with E-state index in [1.54, 1.807) is 0 Å². The maximum absolute atomic E-state index is 4.76. The molecule has 0 spiro atoms. The zero-order chi connectivity index (χ0) is 13.1. The van der Waals surface area contributed by atoms with Gasteiger partial charge in [-0.1, -0.05) is 28.1 Å². The molecule has 1 heterocycles. The second-order valence-corrected chi connectivity index (χ2v) is 5.31. The summed E-state index contributed by atoms with van der Waals surface area (Å²) in [7, 11) is 4.04. The summed E-state index contributed by atoms with van der Waals surface area (Å²) in [6, 6.07) is 8.26. The molecule has 0 aliphatic heterocycles. The Morgan fingerprint density at radius 2 is 2.17 bits per heavy atom. The van der Waals surface area contributed by atoms with Gasteiger partial charge in [0.05, 0.1) is 5.69 Å². The normalized spacial score (nSPS) is 10.9. The number of likely N-dealkylation sites (N-methyl/N-ethyl adjacent to an activating group) is 1. The van der Waals surface area contributed by atoms with E-state index in [0.29, 0.717) is 0 Å². The molecule has 1 aromatic heterocycles. The van der Waals surface area contributed by atoms with Gasteiger partial charge in [-0.2, -0.15) is 0 Å². The topological polar surface area (TPSA) is 29.9 Å². The highest BCUT2D eigenvalue weighted by Gasteiger charge is 2.12. The second-order valence-electron chi connectivity index (χ2n) is 4.39. The van der Waals surface area contributed by atoms with Crippen LogP contribution in [0, 0.1) is 6.92 Å². The molecule has 0 fully saturated rings. The van der Waals surface area contributed by atoms with E-state index in [2.05, 4.69) is 51.9 Å². The second kappa shape index (κ2) is 5.67. The fraction of sp³-hybridized carbons (Fsp3) is 0.357. The lowest BCUT2D eigenvalue weighted by Gasteiger charge is -2.03. The number of aromatic nitrogens is 2. The molecule has 0 unspecified atom stereocenters. The monoisotopic (exact) mass is 307 g/mol. The van der Waals surface area contributed by atoms with E-state index in [1.807, 2.05) is 19.2 Å². The molecule has 1 aromatic carbocycles. The molecular formula is C14H18BrN3. The predicted octanol–water partition coefficient (Wildman–Crippen LogP) is 2.92. The van der Waals surface area contributed by atoms with Crippen LogP contribution in [-0.2, 0) is 13.5 Å². The summed E-state index contributed by atoms with van der Waals surface area (Å²) in [5.74, 6) is 1.03. The van der Waals surface area contributed by atoms with E-state index in [0.717, 1.165) is 28.8 Å². The van der Waals surface area contributed by atoms with Gasteiger partial charge < -0.3 is 9.88 Å². The smallest absolute Gasteiger partial charge is 0.140 e. The summed E-state index contributed by atoms with van der Waals surface area (Å²) < 4.78 is 3.24. The number of hydrogen-bond donors (Lipinski definition) is 1. The van der Waals surface area contributed by atoms with Gasteiger partial charge in [-0.25, -0.2) is 4.98 Å². The average molecular weight is 308 g/mol. The minimum Gasteiger partial charge on any atom is -0.331 e. The van der Waals surface area contributed by atoms with E-state index < -0.39 is 0 Å². The molecule has 4 heteroatoms. The molecule has 0 aliphatic rings. The van der Waals surface area contributed by atoms with Crippen molar-refractivity contribution in [3.63, 3.8) is 0 Å². The van der Waals surface area contributed by atoms with Crippen LogP contribution in [0.3, 0.4) is 0 Å². The van der Waals surface area contributed by atoms with E-state index >= 15 is 0 Å². The van der Waals surface area contributed by atoms with E-state index in [9.17, 15) is 0 Å². The molecule has 1 N–H and O–H groups in total.